The second-order valence-electron chi connectivity index (χ2n) is 6.06. The molecule has 1 aliphatic rings. The van der Waals surface area contributed by atoms with Gasteiger partial charge >= 0.3 is 0 Å². The van der Waals surface area contributed by atoms with Gasteiger partial charge in [-0.15, -0.1) is 0 Å². The Bertz CT molecular complexity index is 447. The number of rotatable bonds is 6. The Kier molecular flexibility index (Phi) is 5.57. The van der Waals surface area contributed by atoms with Crippen molar-refractivity contribution < 1.29 is 18.3 Å². The predicted molar refractivity (Wildman–Crippen MR) is 78.2 cm³/mol. The first-order valence-electron chi connectivity index (χ1n) is 6.95. The summed E-state index contributed by atoms with van der Waals surface area (Å²) in [5.74, 6) is 0.151. The van der Waals surface area contributed by atoms with Crippen molar-refractivity contribution in [2.45, 2.75) is 38.8 Å². The number of hydrogen-bond donors (Lipinski definition) is 1. The number of aliphatic hydroxyl groups excluding tert-OH is 1. The van der Waals surface area contributed by atoms with Crippen molar-refractivity contribution in [3.8, 4) is 0 Å². The number of amides is 1. The molecule has 0 radical (unpaired) electrons. The number of carbonyl (C=O) groups excluding carboxylic acids is 1. The Morgan fingerprint density at radius 3 is 2.40 bits per heavy atom. The van der Waals surface area contributed by atoms with Crippen LogP contribution in [-0.2, 0) is 14.6 Å². The summed E-state index contributed by atoms with van der Waals surface area (Å²) >= 11 is 0. The van der Waals surface area contributed by atoms with E-state index in [-0.39, 0.29) is 36.6 Å². The molecule has 1 saturated heterocycles. The first-order chi connectivity index (χ1) is 9.13. The summed E-state index contributed by atoms with van der Waals surface area (Å²) in [6.45, 7) is 6.22. The summed E-state index contributed by atoms with van der Waals surface area (Å²) < 4.78 is 23.1. The van der Waals surface area contributed by atoms with Crippen molar-refractivity contribution in [3.05, 3.63) is 0 Å². The third kappa shape index (κ3) is 4.17. The summed E-state index contributed by atoms with van der Waals surface area (Å²) in [7, 11) is -1.21. The molecule has 0 spiro atoms. The summed E-state index contributed by atoms with van der Waals surface area (Å²) in [6, 6.07) is -0.205. The van der Waals surface area contributed by atoms with Crippen LogP contribution in [0.1, 0.15) is 27.2 Å². The van der Waals surface area contributed by atoms with Gasteiger partial charge in [-0.05, 0) is 34.2 Å². The molecule has 0 aliphatic carbocycles. The molecular formula is C13H26N2O4S. The molecule has 0 saturated carbocycles. The summed E-state index contributed by atoms with van der Waals surface area (Å²) in [6.07, 6.45) is 0.523. The third-order valence-corrected chi connectivity index (χ3v) is 5.85. The Labute approximate surface area is 121 Å². The fraction of sp³-hybridized carbons (Fsp3) is 0.923. The fourth-order valence-electron chi connectivity index (χ4n) is 2.29. The minimum Gasteiger partial charge on any atom is -0.394 e. The van der Waals surface area contributed by atoms with Crippen LogP contribution in [0.25, 0.3) is 0 Å². The first-order valence-corrected chi connectivity index (χ1v) is 8.77. The van der Waals surface area contributed by atoms with E-state index in [1.807, 2.05) is 20.8 Å². The van der Waals surface area contributed by atoms with Crippen molar-refractivity contribution in [2.75, 3.05) is 38.2 Å². The van der Waals surface area contributed by atoms with Gasteiger partial charge in [0, 0.05) is 18.1 Å². The van der Waals surface area contributed by atoms with Crippen molar-refractivity contribution in [3.63, 3.8) is 0 Å². The van der Waals surface area contributed by atoms with Gasteiger partial charge in [0.05, 0.1) is 24.7 Å². The van der Waals surface area contributed by atoms with E-state index in [2.05, 4.69) is 0 Å². The van der Waals surface area contributed by atoms with Crippen LogP contribution >= 0.6 is 0 Å². The topological polar surface area (TPSA) is 77.9 Å². The van der Waals surface area contributed by atoms with Gasteiger partial charge in [0.1, 0.15) is 0 Å². The number of hydrogen-bond acceptors (Lipinski definition) is 5. The Morgan fingerprint density at radius 2 is 2.00 bits per heavy atom. The quantitative estimate of drug-likeness (QED) is 0.730. The van der Waals surface area contributed by atoms with Crippen LogP contribution in [-0.4, -0.2) is 79.1 Å². The molecular weight excluding hydrogens is 280 g/mol. The molecule has 0 aromatic carbocycles. The van der Waals surface area contributed by atoms with E-state index in [1.165, 1.54) is 0 Å². The molecule has 1 rings (SSSR count). The van der Waals surface area contributed by atoms with Crippen LogP contribution in [0.2, 0.25) is 0 Å². The number of nitrogens with zero attached hydrogens (tertiary/aromatic N) is 2. The van der Waals surface area contributed by atoms with E-state index in [0.29, 0.717) is 13.0 Å². The maximum atomic E-state index is 12.4. The van der Waals surface area contributed by atoms with Gasteiger partial charge < -0.3 is 10.0 Å². The van der Waals surface area contributed by atoms with Gasteiger partial charge in [-0.3, -0.25) is 9.69 Å². The average molecular weight is 306 g/mol. The zero-order chi connectivity index (χ0) is 15.6. The maximum Gasteiger partial charge on any atom is 0.237 e. The molecule has 7 heteroatoms. The van der Waals surface area contributed by atoms with Gasteiger partial charge in [0.25, 0.3) is 0 Å². The van der Waals surface area contributed by atoms with Crippen LogP contribution in [0, 0.1) is 0 Å². The molecule has 0 aromatic heterocycles. The van der Waals surface area contributed by atoms with E-state index < -0.39 is 15.4 Å². The molecule has 1 aliphatic heterocycles. The summed E-state index contributed by atoms with van der Waals surface area (Å²) in [5, 5.41) is 9.31. The van der Waals surface area contributed by atoms with Crippen molar-refractivity contribution in [1.82, 2.24) is 9.80 Å². The minimum atomic E-state index is -2.99. The highest BCUT2D eigenvalue weighted by Crippen LogP contribution is 2.19. The van der Waals surface area contributed by atoms with Crippen LogP contribution in [0.3, 0.4) is 0 Å². The maximum absolute atomic E-state index is 12.4. The van der Waals surface area contributed by atoms with Gasteiger partial charge in [-0.1, -0.05) is 0 Å². The van der Waals surface area contributed by atoms with Gasteiger partial charge in [0.15, 0.2) is 9.84 Å². The number of likely N-dealkylation sites (N-methyl/N-ethyl adjacent to an activating group) is 2. The lowest BCUT2D eigenvalue weighted by Gasteiger charge is -2.36. The van der Waals surface area contributed by atoms with Crippen molar-refractivity contribution in [2.24, 2.45) is 0 Å². The van der Waals surface area contributed by atoms with Crippen LogP contribution in [0.4, 0.5) is 0 Å². The molecule has 1 atom stereocenters. The standard InChI is InChI=1S/C13H26N2O4S/c1-5-15(11-6-7-20(18,19)9-11)12(17)8-14(4)13(2,3)10-16/h11,16H,5-10H2,1-4H3. The monoisotopic (exact) mass is 306 g/mol. The molecule has 20 heavy (non-hydrogen) atoms. The average Bonchev–Trinajstić information content (AvgIpc) is 2.70. The second kappa shape index (κ2) is 6.41. The van der Waals surface area contributed by atoms with E-state index in [4.69, 9.17) is 0 Å². The minimum absolute atomic E-state index is 0.0410. The zero-order valence-corrected chi connectivity index (χ0v) is 13.6. The Hall–Kier alpha value is -0.660. The highest BCUT2D eigenvalue weighted by atomic mass is 32.2. The van der Waals surface area contributed by atoms with Gasteiger partial charge in [0.2, 0.25) is 5.91 Å². The molecule has 6 nitrogen and oxygen atoms in total. The van der Waals surface area contributed by atoms with E-state index in [0.717, 1.165) is 0 Å². The zero-order valence-electron chi connectivity index (χ0n) is 12.8. The van der Waals surface area contributed by atoms with Crippen molar-refractivity contribution in [1.29, 1.82) is 0 Å². The van der Waals surface area contributed by atoms with Gasteiger partial charge in [-0.25, -0.2) is 8.42 Å². The fourth-order valence-corrected chi connectivity index (χ4v) is 4.02. The van der Waals surface area contributed by atoms with E-state index in [1.54, 1.807) is 16.8 Å². The Morgan fingerprint density at radius 1 is 1.40 bits per heavy atom. The smallest absolute Gasteiger partial charge is 0.237 e. The lowest BCUT2D eigenvalue weighted by molar-refractivity contribution is -0.135. The number of aliphatic hydroxyl groups is 1. The van der Waals surface area contributed by atoms with Crippen LogP contribution in [0.15, 0.2) is 0 Å². The lowest BCUT2D eigenvalue weighted by atomic mass is 10.1. The highest BCUT2D eigenvalue weighted by molar-refractivity contribution is 7.91. The molecule has 1 heterocycles. The summed E-state index contributed by atoms with van der Waals surface area (Å²) in [4.78, 5) is 15.8. The van der Waals surface area contributed by atoms with Crippen LogP contribution < -0.4 is 0 Å². The van der Waals surface area contributed by atoms with Crippen LogP contribution in [0.5, 0.6) is 0 Å². The molecule has 0 aromatic rings. The second-order valence-corrected chi connectivity index (χ2v) is 8.29. The number of carbonyl (C=O) groups is 1. The van der Waals surface area contributed by atoms with E-state index >= 15 is 0 Å². The first kappa shape index (κ1) is 17.4. The normalized spacial score (nSPS) is 22.2. The van der Waals surface area contributed by atoms with Gasteiger partial charge in [-0.2, -0.15) is 0 Å². The van der Waals surface area contributed by atoms with Crippen molar-refractivity contribution >= 4 is 15.7 Å². The predicted octanol–water partition coefficient (Wildman–Crippen LogP) is -0.275. The lowest BCUT2D eigenvalue weighted by Crippen LogP contribution is -2.51. The SMILES string of the molecule is CCN(C(=O)CN(C)C(C)(C)CO)C1CCS(=O)(=O)C1. The molecule has 1 unspecified atom stereocenters. The molecule has 118 valence electrons. The molecule has 1 fully saturated rings. The molecule has 0 bridgehead atoms. The molecule has 1 amide bonds. The largest absolute Gasteiger partial charge is 0.394 e. The highest BCUT2D eigenvalue weighted by Gasteiger charge is 2.35. The number of sulfone groups is 1. The third-order valence-electron chi connectivity index (χ3n) is 4.10. The Balaban J connectivity index is 2.69. The van der Waals surface area contributed by atoms with E-state index in [9.17, 15) is 18.3 Å². The molecule has 1 N–H and O–H groups in total. The summed E-state index contributed by atoms with van der Waals surface area (Å²) in [5.41, 5.74) is -0.475.